The molecule has 0 spiro atoms. The molecule has 0 aliphatic carbocycles. The molecule has 2 N–H and O–H groups in total. The molecule has 0 radical (unpaired) electrons. The van der Waals surface area contributed by atoms with Crippen molar-refractivity contribution in [2.75, 3.05) is 5.32 Å². The van der Waals surface area contributed by atoms with Crippen molar-refractivity contribution < 1.29 is 9.21 Å². The lowest BCUT2D eigenvalue weighted by Crippen LogP contribution is -2.33. The first-order valence-corrected chi connectivity index (χ1v) is 9.30. The van der Waals surface area contributed by atoms with Gasteiger partial charge in [-0.05, 0) is 65.2 Å². The van der Waals surface area contributed by atoms with E-state index in [-0.39, 0.29) is 11.0 Å². The highest BCUT2D eigenvalue weighted by atomic mass is 127. The molecule has 130 valence electrons. The number of nitrogens with one attached hydrogen (secondary N) is 2. The second-order valence-corrected chi connectivity index (χ2v) is 6.90. The van der Waals surface area contributed by atoms with Gasteiger partial charge in [-0.15, -0.1) is 0 Å². The van der Waals surface area contributed by atoms with Crippen molar-refractivity contribution in [3.05, 3.63) is 82.1 Å². The van der Waals surface area contributed by atoms with E-state index in [1.807, 2.05) is 66.7 Å². The van der Waals surface area contributed by atoms with Crippen LogP contribution in [-0.4, -0.2) is 11.0 Å². The number of anilines is 1. The van der Waals surface area contributed by atoms with E-state index in [9.17, 15) is 4.79 Å². The predicted molar refractivity (Wildman–Crippen MR) is 117 cm³/mol. The summed E-state index contributed by atoms with van der Waals surface area (Å²) in [6.45, 7) is 0. The summed E-state index contributed by atoms with van der Waals surface area (Å²) >= 11 is 7.36. The SMILES string of the molecule is O=C(/C=C/c1ccc(-c2ccccc2)o1)NC(=S)Nc1ccccc1I. The van der Waals surface area contributed by atoms with Crippen LogP contribution in [0.25, 0.3) is 17.4 Å². The van der Waals surface area contributed by atoms with E-state index in [0.29, 0.717) is 5.76 Å². The summed E-state index contributed by atoms with van der Waals surface area (Å²) in [5.41, 5.74) is 1.83. The van der Waals surface area contributed by atoms with Gasteiger partial charge in [0.25, 0.3) is 0 Å². The molecule has 0 aliphatic rings. The minimum absolute atomic E-state index is 0.244. The molecular weight excluding hydrogens is 459 g/mol. The molecule has 1 heterocycles. The van der Waals surface area contributed by atoms with Crippen LogP contribution in [0.5, 0.6) is 0 Å². The fraction of sp³-hybridized carbons (Fsp3) is 0. The highest BCUT2D eigenvalue weighted by Crippen LogP contribution is 2.22. The minimum Gasteiger partial charge on any atom is -0.457 e. The Morgan fingerprint density at radius 2 is 1.73 bits per heavy atom. The molecule has 1 aromatic heterocycles. The van der Waals surface area contributed by atoms with Crippen molar-refractivity contribution in [3.63, 3.8) is 0 Å². The van der Waals surface area contributed by atoms with E-state index < -0.39 is 0 Å². The van der Waals surface area contributed by atoms with Crippen LogP contribution in [0.2, 0.25) is 0 Å². The number of amides is 1. The molecule has 0 aliphatic heterocycles. The average molecular weight is 474 g/mol. The van der Waals surface area contributed by atoms with Crippen molar-refractivity contribution in [2.45, 2.75) is 0 Å². The number of benzene rings is 2. The maximum atomic E-state index is 12.0. The van der Waals surface area contributed by atoms with Gasteiger partial charge in [-0.1, -0.05) is 42.5 Å². The first-order valence-electron chi connectivity index (χ1n) is 7.81. The van der Waals surface area contributed by atoms with Crippen LogP contribution in [-0.2, 0) is 4.79 Å². The van der Waals surface area contributed by atoms with Crippen molar-refractivity contribution in [3.8, 4) is 11.3 Å². The van der Waals surface area contributed by atoms with E-state index in [2.05, 4.69) is 33.2 Å². The summed E-state index contributed by atoms with van der Waals surface area (Å²) < 4.78 is 6.74. The van der Waals surface area contributed by atoms with Gasteiger partial charge < -0.3 is 9.73 Å². The standard InChI is InChI=1S/C20H15IN2O2S/c21-16-8-4-5-9-17(16)22-20(26)23-19(24)13-11-15-10-12-18(25-15)14-6-2-1-3-7-14/h1-13H,(H2,22,23,24,26)/b13-11+. The Labute approximate surface area is 170 Å². The summed E-state index contributed by atoms with van der Waals surface area (Å²) in [5.74, 6) is 1.02. The van der Waals surface area contributed by atoms with Crippen LogP contribution in [0, 0.1) is 3.57 Å². The second-order valence-electron chi connectivity index (χ2n) is 5.32. The molecule has 3 rings (SSSR count). The number of hydrogen-bond donors (Lipinski definition) is 2. The maximum Gasteiger partial charge on any atom is 0.250 e. The van der Waals surface area contributed by atoms with Gasteiger partial charge in [0.2, 0.25) is 5.91 Å². The molecule has 0 saturated carbocycles. The highest BCUT2D eigenvalue weighted by molar-refractivity contribution is 14.1. The van der Waals surface area contributed by atoms with Crippen LogP contribution >= 0.6 is 34.8 Å². The number of thiocarbonyl (C=S) groups is 1. The van der Waals surface area contributed by atoms with E-state index in [4.69, 9.17) is 16.6 Å². The first kappa shape index (κ1) is 18.3. The van der Waals surface area contributed by atoms with Gasteiger partial charge in [0, 0.05) is 15.2 Å². The zero-order valence-electron chi connectivity index (χ0n) is 13.6. The van der Waals surface area contributed by atoms with Gasteiger partial charge in [0.05, 0.1) is 5.69 Å². The largest absolute Gasteiger partial charge is 0.457 e. The van der Waals surface area contributed by atoms with Gasteiger partial charge in [-0.3, -0.25) is 10.1 Å². The van der Waals surface area contributed by atoms with Gasteiger partial charge in [-0.25, -0.2) is 0 Å². The Morgan fingerprint density at radius 1 is 1.00 bits per heavy atom. The zero-order valence-corrected chi connectivity index (χ0v) is 16.6. The molecule has 0 unspecified atom stereocenters. The topological polar surface area (TPSA) is 54.3 Å². The Morgan fingerprint density at radius 3 is 2.50 bits per heavy atom. The first-order chi connectivity index (χ1) is 12.6. The maximum absolute atomic E-state index is 12.0. The van der Waals surface area contributed by atoms with Crippen LogP contribution in [0.4, 0.5) is 5.69 Å². The molecular formula is C20H15IN2O2S. The van der Waals surface area contributed by atoms with Crippen LogP contribution in [0.3, 0.4) is 0 Å². The molecule has 4 nitrogen and oxygen atoms in total. The van der Waals surface area contributed by atoms with Crippen molar-refractivity contribution in [1.82, 2.24) is 5.32 Å². The fourth-order valence-electron chi connectivity index (χ4n) is 2.23. The number of halogens is 1. The molecule has 0 saturated heterocycles. The lowest BCUT2D eigenvalue weighted by atomic mass is 10.2. The second kappa shape index (κ2) is 8.77. The molecule has 1 amide bonds. The Hall–Kier alpha value is -2.45. The summed E-state index contributed by atoms with van der Waals surface area (Å²) in [4.78, 5) is 12.0. The summed E-state index contributed by atoms with van der Waals surface area (Å²) in [6.07, 6.45) is 2.99. The van der Waals surface area contributed by atoms with Crippen molar-refractivity contribution >= 4 is 57.6 Å². The third kappa shape index (κ3) is 5.03. The Bertz CT molecular complexity index is 951. The summed E-state index contributed by atoms with van der Waals surface area (Å²) in [7, 11) is 0. The van der Waals surface area contributed by atoms with Crippen LogP contribution in [0.15, 0.2) is 77.2 Å². The minimum atomic E-state index is -0.328. The number of hydrogen-bond acceptors (Lipinski definition) is 3. The number of carbonyl (C=O) groups is 1. The molecule has 6 heteroatoms. The van der Waals surface area contributed by atoms with Crippen LogP contribution in [0.1, 0.15) is 5.76 Å². The normalized spacial score (nSPS) is 10.7. The van der Waals surface area contributed by atoms with Gasteiger partial charge in [0.15, 0.2) is 5.11 Å². The Kier molecular flexibility index (Phi) is 6.19. The molecule has 26 heavy (non-hydrogen) atoms. The third-order valence-corrected chi connectivity index (χ3v) is 4.59. The lowest BCUT2D eigenvalue weighted by Gasteiger charge is -2.09. The number of furan rings is 1. The smallest absolute Gasteiger partial charge is 0.250 e. The third-order valence-electron chi connectivity index (χ3n) is 3.44. The Balaban J connectivity index is 1.57. The summed E-state index contributed by atoms with van der Waals surface area (Å²) in [5, 5.41) is 5.86. The molecule has 2 aromatic carbocycles. The summed E-state index contributed by atoms with van der Waals surface area (Å²) in [6, 6.07) is 21.1. The average Bonchev–Trinajstić information content (AvgIpc) is 3.12. The van der Waals surface area contributed by atoms with Gasteiger partial charge >= 0.3 is 0 Å². The molecule has 3 aromatic rings. The molecule has 0 fully saturated rings. The predicted octanol–water partition coefficient (Wildman–Crippen LogP) is 5.08. The van der Waals surface area contributed by atoms with Crippen molar-refractivity contribution in [2.24, 2.45) is 0 Å². The lowest BCUT2D eigenvalue weighted by molar-refractivity contribution is -0.115. The highest BCUT2D eigenvalue weighted by Gasteiger charge is 2.05. The fourth-order valence-corrected chi connectivity index (χ4v) is 2.96. The van der Waals surface area contributed by atoms with E-state index >= 15 is 0 Å². The number of rotatable bonds is 4. The van der Waals surface area contributed by atoms with Crippen molar-refractivity contribution in [1.29, 1.82) is 0 Å². The van der Waals surface area contributed by atoms with Gasteiger partial charge in [0.1, 0.15) is 11.5 Å². The van der Waals surface area contributed by atoms with Crippen LogP contribution < -0.4 is 10.6 Å². The van der Waals surface area contributed by atoms with E-state index in [1.165, 1.54) is 6.08 Å². The monoisotopic (exact) mass is 474 g/mol. The van der Waals surface area contributed by atoms with E-state index in [0.717, 1.165) is 20.6 Å². The van der Waals surface area contributed by atoms with E-state index in [1.54, 1.807) is 6.08 Å². The molecule has 0 atom stereocenters. The molecule has 0 bridgehead atoms. The van der Waals surface area contributed by atoms with Gasteiger partial charge in [-0.2, -0.15) is 0 Å². The number of carbonyl (C=O) groups excluding carboxylic acids is 1. The zero-order chi connectivity index (χ0) is 18.4. The quantitative estimate of drug-likeness (QED) is 0.315. The number of para-hydroxylation sites is 1.